The number of esters is 1. The average molecular weight is 368 g/mol. The number of thioether (sulfide) groups is 1. The first kappa shape index (κ1) is 22.4. The molecule has 0 aliphatic heterocycles. The first-order chi connectivity index (χ1) is 10.4. The van der Waals surface area contributed by atoms with Crippen LogP contribution < -0.4 is 5.32 Å². The monoisotopic (exact) mass is 367 g/mol. The number of carbonyl (C=O) groups excluding carboxylic acids is 2. The summed E-state index contributed by atoms with van der Waals surface area (Å²) in [7, 11) is 0. The van der Waals surface area contributed by atoms with E-state index in [9.17, 15) is 9.59 Å². The summed E-state index contributed by atoms with van der Waals surface area (Å²) in [4.78, 5) is 24.2. The van der Waals surface area contributed by atoms with Gasteiger partial charge < -0.3 is 14.8 Å². The number of hydrogen-bond donors (Lipinski definition) is 1. The van der Waals surface area contributed by atoms with Crippen LogP contribution in [0.2, 0.25) is 0 Å². The van der Waals surface area contributed by atoms with Gasteiger partial charge in [-0.25, -0.2) is 9.59 Å². The number of alkyl carbamates (subject to hydrolysis) is 1. The zero-order valence-corrected chi connectivity index (χ0v) is 16.6. The molecule has 0 aromatic carbocycles. The van der Waals surface area contributed by atoms with E-state index in [2.05, 4.69) is 5.32 Å². The Hall–Kier alpha value is -0.620. The molecule has 0 aromatic heterocycles. The number of amides is 1. The van der Waals surface area contributed by atoms with E-state index in [1.54, 1.807) is 53.3 Å². The average Bonchev–Trinajstić information content (AvgIpc) is 2.32. The number of carbonyl (C=O) groups is 2. The molecule has 5 nitrogen and oxygen atoms in total. The lowest BCUT2D eigenvalue weighted by atomic mass is 10.1. The summed E-state index contributed by atoms with van der Waals surface area (Å²) in [5, 5.41) is 2.61. The minimum Gasteiger partial charge on any atom is -0.458 e. The molecule has 0 saturated heterocycles. The molecule has 0 rings (SSSR count). The van der Waals surface area contributed by atoms with E-state index in [-0.39, 0.29) is 0 Å². The molecule has 1 amide bonds. The number of ether oxygens (including phenoxy) is 2. The molecule has 0 aliphatic rings. The van der Waals surface area contributed by atoms with Crippen LogP contribution >= 0.6 is 23.4 Å². The fraction of sp³-hybridized carbons (Fsp3) is 0.875. The molecule has 7 heteroatoms. The summed E-state index contributed by atoms with van der Waals surface area (Å²) >= 11 is 7.33. The summed E-state index contributed by atoms with van der Waals surface area (Å²) in [6.07, 6.45) is 0.795. The molecule has 0 heterocycles. The second-order valence-electron chi connectivity index (χ2n) is 7.18. The second-order valence-corrected chi connectivity index (χ2v) is 8.78. The summed E-state index contributed by atoms with van der Waals surface area (Å²) in [6.45, 7) is 10.7. The lowest BCUT2D eigenvalue weighted by Gasteiger charge is -2.26. The lowest BCUT2D eigenvalue weighted by molar-refractivity contribution is -0.157. The van der Waals surface area contributed by atoms with E-state index in [1.165, 1.54) is 0 Å². The molecule has 0 fully saturated rings. The normalized spacial score (nSPS) is 13.3. The smallest absolute Gasteiger partial charge is 0.408 e. The Morgan fingerprint density at radius 2 is 1.61 bits per heavy atom. The van der Waals surface area contributed by atoms with Gasteiger partial charge in [0.15, 0.2) is 0 Å². The maximum absolute atomic E-state index is 12.3. The van der Waals surface area contributed by atoms with E-state index in [4.69, 9.17) is 21.1 Å². The highest BCUT2D eigenvalue weighted by Gasteiger charge is 2.28. The molecule has 0 bridgehead atoms. The van der Waals surface area contributed by atoms with Crippen LogP contribution in [-0.2, 0) is 14.3 Å². The highest BCUT2D eigenvalue weighted by atomic mass is 35.5. The van der Waals surface area contributed by atoms with Gasteiger partial charge in [-0.3, -0.25) is 0 Å². The van der Waals surface area contributed by atoms with Crippen LogP contribution in [0.4, 0.5) is 4.79 Å². The molecular weight excluding hydrogens is 338 g/mol. The third kappa shape index (κ3) is 13.5. The second kappa shape index (κ2) is 10.3. The van der Waals surface area contributed by atoms with Crippen LogP contribution in [0.5, 0.6) is 0 Å². The van der Waals surface area contributed by atoms with Gasteiger partial charge in [0.05, 0.1) is 0 Å². The van der Waals surface area contributed by atoms with E-state index in [1.807, 2.05) is 0 Å². The number of halogens is 1. The first-order valence-corrected chi connectivity index (χ1v) is 9.49. The summed E-state index contributed by atoms with van der Waals surface area (Å²) in [5.41, 5.74) is -1.21. The topological polar surface area (TPSA) is 64.6 Å². The molecule has 0 aromatic rings. The van der Waals surface area contributed by atoms with Gasteiger partial charge >= 0.3 is 12.1 Å². The Morgan fingerprint density at radius 1 is 1.04 bits per heavy atom. The van der Waals surface area contributed by atoms with Crippen molar-refractivity contribution in [1.82, 2.24) is 5.32 Å². The fourth-order valence-electron chi connectivity index (χ4n) is 1.53. The van der Waals surface area contributed by atoms with Crippen molar-refractivity contribution in [2.75, 3.05) is 17.4 Å². The van der Waals surface area contributed by atoms with E-state index in [0.717, 1.165) is 17.9 Å². The van der Waals surface area contributed by atoms with Gasteiger partial charge in [0, 0.05) is 5.88 Å². The molecule has 0 saturated carbocycles. The number of hydrogen-bond acceptors (Lipinski definition) is 5. The van der Waals surface area contributed by atoms with E-state index >= 15 is 0 Å². The Balaban J connectivity index is 4.60. The van der Waals surface area contributed by atoms with Crippen LogP contribution in [0.25, 0.3) is 0 Å². The zero-order chi connectivity index (χ0) is 18.1. The van der Waals surface area contributed by atoms with Crippen LogP contribution in [-0.4, -0.2) is 46.7 Å². The van der Waals surface area contributed by atoms with Gasteiger partial charge in [-0.1, -0.05) is 0 Å². The zero-order valence-electron chi connectivity index (χ0n) is 15.0. The van der Waals surface area contributed by atoms with Gasteiger partial charge in [-0.2, -0.15) is 11.8 Å². The van der Waals surface area contributed by atoms with Crippen molar-refractivity contribution >= 4 is 35.4 Å². The van der Waals surface area contributed by atoms with Crippen LogP contribution in [0, 0.1) is 0 Å². The molecule has 136 valence electrons. The largest absolute Gasteiger partial charge is 0.458 e. The SMILES string of the molecule is CC(C)(C)OC(=O)N[C@@H](CCSCCCCl)C(=O)OC(C)(C)C. The first-order valence-electron chi connectivity index (χ1n) is 7.80. The molecule has 0 unspecified atom stereocenters. The third-order valence-corrected chi connectivity index (χ3v) is 3.72. The van der Waals surface area contributed by atoms with Crippen molar-refractivity contribution in [3.05, 3.63) is 0 Å². The summed E-state index contributed by atoms with van der Waals surface area (Å²) < 4.78 is 10.6. The predicted octanol–water partition coefficient (Wildman–Crippen LogP) is 3.97. The molecule has 1 atom stereocenters. The highest BCUT2D eigenvalue weighted by molar-refractivity contribution is 7.99. The van der Waals surface area contributed by atoms with Crippen LogP contribution in [0.15, 0.2) is 0 Å². The van der Waals surface area contributed by atoms with Gasteiger partial charge in [-0.05, 0) is 65.9 Å². The van der Waals surface area contributed by atoms with Crippen molar-refractivity contribution in [3.63, 3.8) is 0 Å². The minimum atomic E-state index is -0.715. The Kier molecular flexibility index (Phi) is 10.0. The Morgan fingerprint density at radius 3 is 2.09 bits per heavy atom. The van der Waals surface area contributed by atoms with E-state index in [0.29, 0.717) is 12.3 Å². The maximum Gasteiger partial charge on any atom is 0.408 e. The van der Waals surface area contributed by atoms with Crippen molar-refractivity contribution in [2.24, 2.45) is 0 Å². The lowest BCUT2D eigenvalue weighted by Crippen LogP contribution is -2.46. The number of nitrogens with one attached hydrogen (secondary N) is 1. The van der Waals surface area contributed by atoms with Gasteiger partial charge in [0.1, 0.15) is 17.2 Å². The van der Waals surface area contributed by atoms with Crippen molar-refractivity contribution in [3.8, 4) is 0 Å². The van der Waals surface area contributed by atoms with Gasteiger partial charge in [-0.15, -0.1) is 11.6 Å². The minimum absolute atomic E-state index is 0.443. The molecule has 1 N–H and O–H groups in total. The van der Waals surface area contributed by atoms with Crippen molar-refractivity contribution in [1.29, 1.82) is 0 Å². The highest BCUT2D eigenvalue weighted by Crippen LogP contribution is 2.14. The maximum atomic E-state index is 12.3. The quantitative estimate of drug-likeness (QED) is 0.399. The molecular formula is C16H30ClNO4S. The molecule has 23 heavy (non-hydrogen) atoms. The predicted molar refractivity (Wildman–Crippen MR) is 96.3 cm³/mol. The van der Waals surface area contributed by atoms with Gasteiger partial charge in [0.25, 0.3) is 0 Å². The third-order valence-electron chi connectivity index (χ3n) is 2.36. The van der Waals surface area contributed by atoms with Gasteiger partial charge in [0.2, 0.25) is 0 Å². The van der Waals surface area contributed by atoms with E-state index < -0.39 is 29.3 Å². The molecule has 0 aliphatic carbocycles. The summed E-state index contributed by atoms with van der Waals surface area (Å²) in [6, 6.07) is -0.715. The summed E-state index contributed by atoms with van der Waals surface area (Å²) in [5.74, 6) is 1.84. The number of rotatable bonds is 8. The van der Waals surface area contributed by atoms with Crippen molar-refractivity contribution in [2.45, 2.75) is 71.6 Å². The van der Waals surface area contributed by atoms with Crippen LogP contribution in [0.3, 0.4) is 0 Å². The van der Waals surface area contributed by atoms with Crippen LogP contribution in [0.1, 0.15) is 54.4 Å². The standard InChI is InChI=1S/C16H30ClNO4S/c1-15(2,3)21-13(19)12(8-11-23-10-7-9-17)18-14(20)22-16(4,5)6/h12H,7-11H2,1-6H3,(H,18,20)/t12-/m0/s1. The Bertz CT molecular complexity index is 377. The Labute approximate surface area is 149 Å². The molecule has 0 radical (unpaired) electrons. The molecule has 0 spiro atoms. The van der Waals surface area contributed by atoms with Crippen molar-refractivity contribution < 1.29 is 19.1 Å². The fourth-order valence-corrected chi connectivity index (χ4v) is 2.78. The number of alkyl halides is 1.